The molecule has 3 fully saturated rings. The number of fused-ring (bicyclic) bond motifs is 1. The van der Waals surface area contributed by atoms with Gasteiger partial charge in [-0.15, -0.1) is 10.2 Å². The summed E-state index contributed by atoms with van der Waals surface area (Å²) < 4.78 is 7.63. The first-order valence-corrected chi connectivity index (χ1v) is 8.04. The molecular weight excluding hydrogens is 282 g/mol. The van der Waals surface area contributed by atoms with Crippen LogP contribution in [0.25, 0.3) is 0 Å². The van der Waals surface area contributed by atoms with Crippen molar-refractivity contribution in [3.05, 3.63) is 11.6 Å². The minimum Gasteiger partial charge on any atom is -0.380 e. The van der Waals surface area contributed by atoms with Crippen LogP contribution in [0.3, 0.4) is 0 Å². The second-order valence-corrected chi connectivity index (χ2v) is 6.97. The maximum atomic E-state index is 13.0. The van der Waals surface area contributed by atoms with Gasteiger partial charge in [0.2, 0.25) is 5.91 Å². The number of aromatic nitrogens is 3. The highest BCUT2D eigenvalue weighted by Crippen LogP contribution is 2.40. The molecule has 1 amide bonds. The molecule has 3 heterocycles. The monoisotopic (exact) mass is 305 g/mol. The van der Waals surface area contributed by atoms with Gasteiger partial charge in [0.1, 0.15) is 5.82 Å². The Balaban J connectivity index is 1.50. The van der Waals surface area contributed by atoms with Crippen LogP contribution >= 0.6 is 0 Å². The molecule has 2 atom stereocenters. The largest absolute Gasteiger partial charge is 0.380 e. The van der Waals surface area contributed by atoms with E-state index in [0.717, 1.165) is 18.2 Å². The lowest BCUT2D eigenvalue weighted by Crippen LogP contribution is -2.47. The van der Waals surface area contributed by atoms with Crippen molar-refractivity contribution in [1.29, 1.82) is 0 Å². The maximum absolute atomic E-state index is 13.0. The lowest BCUT2D eigenvalue weighted by Gasteiger charge is -2.30. The molecule has 2 aliphatic heterocycles. The summed E-state index contributed by atoms with van der Waals surface area (Å²) >= 11 is 0. The van der Waals surface area contributed by atoms with Gasteiger partial charge >= 0.3 is 0 Å². The molecule has 2 saturated heterocycles. The molecule has 120 valence electrons. The van der Waals surface area contributed by atoms with Gasteiger partial charge in [-0.1, -0.05) is 0 Å². The highest BCUT2D eigenvalue weighted by molar-refractivity contribution is 5.84. The molecule has 1 aromatic heterocycles. The molecule has 1 N–H and O–H groups in total. The summed E-state index contributed by atoms with van der Waals surface area (Å²) in [6, 6.07) is 0. The van der Waals surface area contributed by atoms with Crippen molar-refractivity contribution in [1.82, 2.24) is 25.0 Å². The van der Waals surface area contributed by atoms with E-state index in [9.17, 15) is 4.79 Å². The first-order valence-electron chi connectivity index (χ1n) is 8.04. The van der Waals surface area contributed by atoms with Gasteiger partial charge < -0.3 is 19.5 Å². The van der Waals surface area contributed by atoms with Gasteiger partial charge in [0.25, 0.3) is 0 Å². The van der Waals surface area contributed by atoms with Crippen LogP contribution in [-0.2, 0) is 23.1 Å². The third kappa shape index (κ3) is 2.06. The van der Waals surface area contributed by atoms with E-state index in [2.05, 4.69) is 20.1 Å². The summed E-state index contributed by atoms with van der Waals surface area (Å²) in [6.07, 6.45) is 2.41. The zero-order valence-electron chi connectivity index (χ0n) is 13.2. The first kappa shape index (κ1) is 14.1. The number of hydrogen-bond acceptors (Lipinski definition) is 5. The first-order chi connectivity index (χ1) is 10.6. The second kappa shape index (κ2) is 5.03. The van der Waals surface area contributed by atoms with Crippen molar-refractivity contribution in [2.45, 2.75) is 25.3 Å². The van der Waals surface area contributed by atoms with Crippen molar-refractivity contribution in [2.24, 2.45) is 18.4 Å². The predicted molar refractivity (Wildman–Crippen MR) is 79.1 cm³/mol. The number of carbonyl (C=O) groups is 1. The third-order valence-electron chi connectivity index (χ3n) is 5.38. The predicted octanol–water partition coefficient (Wildman–Crippen LogP) is -0.113. The Labute approximate surface area is 130 Å². The van der Waals surface area contributed by atoms with Crippen LogP contribution in [0.5, 0.6) is 0 Å². The molecule has 1 saturated carbocycles. The third-order valence-corrected chi connectivity index (χ3v) is 5.38. The number of nitrogens with zero attached hydrogens (tertiary/aromatic N) is 4. The van der Waals surface area contributed by atoms with E-state index in [1.165, 1.54) is 12.8 Å². The highest BCUT2D eigenvalue weighted by Gasteiger charge is 2.54. The summed E-state index contributed by atoms with van der Waals surface area (Å²) in [4.78, 5) is 14.8. The number of carbonyl (C=O) groups excluding carboxylic acids is 1. The average molecular weight is 305 g/mol. The lowest BCUT2D eigenvalue weighted by atomic mass is 9.79. The van der Waals surface area contributed by atoms with Gasteiger partial charge in [-0.3, -0.25) is 4.79 Å². The molecule has 7 nitrogen and oxygen atoms in total. The molecular formula is C15H23N5O2. The SMILES string of the molecule is CN(Cc1nnc(C2CC2)n1C)C(=O)[C@]12CNC[C@H]1COC2. The van der Waals surface area contributed by atoms with E-state index in [1.807, 2.05) is 14.1 Å². The fourth-order valence-electron chi connectivity index (χ4n) is 3.77. The molecule has 0 aromatic carbocycles. The summed E-state index contributed by atoms with van der Waals surface area (Å²) in [5.41, 5.74) is -0.382. The van der Waals surface area contributed by atoms with Crippen LogP contribution in [0.15, 0.2) is 0 Å². The Hall–Kier alpha value is -1.47. The highest BCUT2D eigenvalue weighted by atomic mass is 16.5. The smallest absolute Gasteiger partial charge is 0.232 e. The van der Waals surface area contributed by atoms with Crippen LogP contribution in [0.2, 0.25) is 0 Å². The van der Waals surface area contributed by atoms with Crippen molar-refractivity contribution >= 4 is 5.91 Å². The average Bonchev–Trinajstić information content (AvgIpc) is 2.97. The summed E-state index contributed by atoms with van der Waals surface area (Å²) in [6.45, 7) is 3.30. The molecule has 0 bridgehead atoms. The van der Waals surface area contributed by atoms with Crippen molar-refractivity contribution < 1.29 is 9.53 Å². The molecule has 0 radical (unpaired) electrons. The molecule has 22 heavy (non-hydrogen) atoms. The van der Waals surface area contributed by atoms with Crippen LogP contribution < -0.4 is 5.32 Å². The molecule has 1 aliphatic carbocycles. The van der Waals surface area contributed by atoms with E-state index >= 15 is 0 Å². The van der Waals surface area contributed by atoms with E-state index in [-0.39, 0.29) is 11.3 Å². The number of amides is 1. The number of ether oxygens (including phenoxy) is 1. The van der Waals surface area contributed by atoms with Crippen molar-refractivity contribution in [3.8, 4) is 0 Å². The molecule has 0 unspecified atom stereocenters. The lowest BCUT2D eigenvalue weighted by molar-refractivity contribution is -0.141. The molecule has 0 spiro atoms. The molecule has 7 heteroatoms. The van der Waals surface area contributed by atoms with E-state index in [4.69, 9.17) is 4.74 Å². The maximum Gasteiger partial charge on any atom is 0.232 e. The minimum atomic E-state index is -0.382. The Morgan fingerprint density at radius 1 is 1.50 bits per heavy atom. The Morgan fingerprint density at radius 3 is 3.09 bits per heavy atom. The summed E-state index contributed by atoms with van der Waals surface area (Å²) in [5.74, 6) is 2.94. The summed E-state index contributed by atoms with van der Waals surface area (Å²) in [7, 11) is 3.86. The number of nitrogens with one attached hydrogen (secondary N) is 1. The fraction of sp³-hybridized carbons (Fsp3) is 0.800. The molecule has 4 rings (SSSR count). The normalized spacial score (nSPS) is 30.5. The van der Waals surface area contributed by atoms with Crippen LogP contribution in [0.1, 0.15) is 30.4 Å². The second-order valence-electron chi connectivity index (χ2n) is 6.97. The van der Waals surface area contributed by atoms with E-state index in [0.29, 0.717) is 38.1 Å². The molecule has 1 aromatic rings. The molecule has 3 aliphatic rings. The van der Waals surface area contributed by atoms with Gasteiger partial charge in [0.15, 0.2) is 5.82 Å². The van der Waals surface area contributed by atoms with Gasteiger partial charge in [0.05, 0.1) is 25.2 Å². The Bertz CT molecular complexity index is 585. The zero-order valence-corrected chi connectivity index (χ0v) is 13.2. The van der Waals surface area contributed by atoms with Crippen LogP contribution in [0.4, 0.5) is 0 Å². The Kier molecular flexibility index (Phi) is 3.23. The quantitative estimate of drug-likeness (QED) is 0.840. The van der Waals surface area contributed by atoms with Gasteiger partial charge in [-0.2, -0.15) is 0 Å². The zero-order chi connectivity index (χ0) is 15.3. The standard InChI is InChI=1S/C15H23N5O2/c1-19(6-12-17-18-13(20(12)2)10-3-4-10)14(21)15-8-16-5-11(15)7-22-9-15/h10-11,16H,3-9H2,1-2H3/t11-,15-/m0/s1. The number of hydrogen-bond donors (Lipinski definition) is 1. The van der Waals surface area contributed by atoms with Gasteiger partial charge in [-0.05, 0) is 12.8 Å². The van der Waals surface area contributed by atoms with Crippen LogP contribution in [0, 0.1) is 11.3 Å². The summed E-state index contributed by atoms with van der Waals surface area (Å²) in [5, 5.41) is 11.9. The van der Waals surface area contributed by atoms with Gasteiger partial charge in [-0.25, -0.2) is 0 Å². The van der Waals surface area contributed by atoms with Gasteiger partial charge in [0, 0.05) is 39.0 Å². The topological polar surface area (TPSA) is 72.3 Å². The van der Waals surface area contributed by atoms with Crippen LogP contribution in [-0.4, -0.2) is 58.9 Å². The Morgan fingerprint density at radius 2 is 2.32 bits per heavy atom. The fourth-order valence-corrected chi connectivity index (χ4v) is 3.77. The minimum absolute atomic E-state index is 0.163. The van der Waals surface area contributed by atoms with E-state index in [1.54, 1.807) is 4.90 Å². The van der Waals surface area contributed by atoms with E-state index < -0.39 is 0 Å². The van der Waals surface area contributed by atoms with Crippen molar-refractivity contribution in [2.75, 3.05) is 33.4 Å². The van der Waals surface area contributed by atoms with Crippen molar-refractivity contribution in [3.63, 3.8) is 0 Å². The number of rotatable bonds is 4.